The molecule has 0 saturated heterocycles. The molecule has 2 aliphatic heterocycles. The van der Waals surface area contributed by atoms with Crippen LogP contribution >= 0.6 is 70.6 Å². The van der Waals surface area contributed by atoms with Crippen molar-refractivity contribution in [3.63, 3.8) is 0 Å². The minimum absolute atomic E-state index is 0.0316. The summed E-state index contributed by atoms with van der Waals surface area (Å²) in [6, 6.07) is 0. The zero-order valence-corrected chi connectivity index (χ0v) is 59.4. The first-order valence-corrected chi connectivity index (χ1v) is 40.6. The Bertz CT molecular complexity index is 2250. The Morgan fingerprint density at radius 1 is 0.500 bits per heavy atom. The van der Waals surface area contributed by atoms with E-state index in [0.29, 0.717) is 34.5 Å². The van der Waals surface area contributed by atoms with Crippen LogP contribution in [0.3, 0.4) is 0 Å². The second kappa shape index (κ2) is 30.0. The smallest absolute Gasteiger partial charge is 0.306 e. The molecular weight excluding hydrogens is 1150 g/mol. The molecule has 0 aromatic heterocycles. The average molecular weight is 1260 g/mol. The average Bonchev–Trinajstić information content (AvgIpc) is 1.42. The summed E-state index contributed by atoms with van der Waals surface area (Å²) in [6.07, 6.45) is 44.0. The van der Waals surface area contributed by atoms with Crippen molar-refractivity contribution >= 4 is 82.5 Å². The monoisotopic (exact) mass is 1260 g/mol. The molecule has 16 atom stereocenters. The summed E-state index contributed by atoms with van der Waals surface area (Å²) < 4.78 is 18.4. The number of thioether (sulfide) groups is 6. The van der Waals surface area contributed by atoms with E-state index >= 15 is 0 Å². The largest absolute Gasteiger partial charge is 0.462 e. The van der Waals surface area contributed by atoms with Crippen molar-refractivity contribution in [3.05, 3.63) is 51.1 Å². The predicted octanol–water partition coefficient (Wildman–Crippen LogP) is 23.9. The number of esters is 2. The number of unbranched alkanes of at least 4 members (excludes halogenated alkanes) is 6. The van der Waals surface area contributed by atoms with Crippen molar-refractivity contribution in [1.82, 2.24) is 0 Å². The van der Waals surface area contributed by atoms with E-state index in [4.69, 9.17) is 9.47 Å². The second-order valence-electron chi connectivity index (χ2n) is 31.2. The topological polar surface area (TPSA) is 52.6 Å². The summed E-state index contributed by atoms with van der Waals surface area (Å²) in [6.45, 7) is 25.3. The Kier molecular flexibility index (Phi) is 23.8. The molecule has 2 heterocycles. The number of fused-ring (bicyclic) bond motifs is 10. The highest BCUT2D eigenvalue weighted by Crippen LogP contribution is 2.70. The van der Waals surface area contributed by atoms with E-state index in [9.17, 15) is 9.59 Å². The number of hydrogen-bond acceptors (Lipinski definition) is 10. The highest BCUT2D eigenvalue weighted by atomic mass is 32.3. The third-order valence-electron chi connectivity index (χ3n) is 25.2. The highest BCUT2D eigenvalue weighted by molar-refractivity contribution is 8.42. The molecule has 84 heavy (non-hydrogen) atoms. The molecule has 0 radical (unpaired) electrons. The summed E-state index contributed by atoms with van der Waals surface area (Å²) in [7, 11) is 0. The molecule has 0 spiro atoms. The zero-order valence-electron chi connectivity index (χ0n) is 54.5. The summed E-state index contributed by atoms with van der Waals surface area (Å²) in [4.78, 5) is 26.5. The maximum Gasteiger partial charge on any atom is 0.306 e. The molecule has 0 aromatic carbocycles. The lowest BCUT2D eigenvalue weighted by atomic mass is 9.47. The van der Waals surface area contributed by atoms with E-state index in [1.165, 1.54) is 145 Å². The Hall–Kier alpha value is -0.260. The molecule has 6 fully saturated rings. The molecule has 0 N–H and O–H groups in total. The van der Waals surface area contributed by atoms with Gasteiger partial charge in [0, 0.05) is 25.7 Å². The van der Waals surface area contributed by atoms with Gasteiger partial charge >= 0.3 is 11.9 Å². The SMILES string of the molecule is CC(C)CCC[C@@H](C)[C@H]1CC[C@H]2[C@@H]3CC=C4CC(OC(=O)CCCCCCSC5=C(SCCCCCCC(=O)OC6CC[C@@]7(C)C(=CC[C@H]8[C@@H]9CC[C@H]([C@H](C)CCCC(C)C)[C@@]9(C)CC[C@@H]87)C6)SC(=C6SC=CS6)S5)CC[C@]4(C)[C@H]3CC[C@]12C. The predicted molar refractivity (Wildman–Crippen MR) is 370 cm³/mol. The van der Waals surface area contributed by atoms with Gasteiger partial charge in [-0.15, -0.1) is 23.5 Å². The first kappa shape index (κ1) is 66.7. The van der Waals surface area contributed by atoms with Gasteiger partial charge < -0.3 is 9.47 Å². The summed E-state index contributed by atoms with van der Waals surface area (Å²) >= 11 is 11.8. The van der Waals surface area contributed by atoms with Gasteiger partial charge in [0.2, 0.25) is 0 Å². The Morgan fingerprint density at radius 2 is 0.929 bits per heavy atom. The fraction of sp³-hybridized carbons (Fsp3) is 0.838. The van der Waals surface area contributed by atoms with Gasteiger partial charge in [0.25, 0.3) is 0 Å². The van der Waals surface area contributed by atoms with Crippen LogP contribution in [-0.4, -0.2) is 35.7 Å². The van der Waals surface area contributed by atoms with Crippen LogP contribution in [0.4, 0.5) is 0 Å². The molecule has 0 aromatic rings. The maximum absolute atomic E-state index is 13.3. The lowest BCUT2D eigenvalue weighted by Crippen LogP contribution is -2.51. The highest BCUT2D eigenvalue weighted by Gasteiger charge is 2.61. The van der Waals surface area contributed by atoms with Gasteiger partial charge in [-0.25, -0.2) is 0 Å². The third-order valence-corrected chi connectivity index (χ3v) is 33.6. The van der Waals surface area contributed by atoms with Gasteiger partial charge in [0.05, 0.1) is 16.9 Å². The quantitative estimate of drug-likeness (QED) is 0.0430. The minimum atomic E-state index is 0.0316. The number of allylic oxidation sites excluding steroid dienone is 2. The van der Waals surface area contributed by atoms with Crippen LogP contribution in [-0.2, 0) is 19.1 Å². The van der Waals surface area contributed by atoms with Crippen molar-refractivity contribution in [2.75, 3.05) is 11.5 Å². The van der Waals surface area contributed by atoms with Crippen molar-refractivity contribution in [2.45, 2.75) is 287 Å². The Labute approximate surface area is 539 Å². The van der Waals surface area contributed by atoms with Crippen molar-refractivity contribution < 1.29 is 19.1 Å². The number of rotatable bonds is 28. The Balaban J connectivity index is 0.589. The van der Waals surface area contributed by atoms with Crippen LogP contribution in [0.15, 0.2) is 51.1 Å². The first-order valence-electron chi connectivity index (χ1n) is 35.3. The fourth-order valence-electron chi connectivity index (χ4n) is 20.6. The van der Waals surface area contributed by atoms with E-state index in [0.717, 1.165) is 147 Å². The molecule has 10 heteroatoms. The van der Waals surface area contributed by atoms with Crippen LogP contribution in [0.25, 0.3) is 0 Å². The lowest BCUT2D eigenvalue weighted by molar-refractivity contribution is -0.152. The molecule has 0 amide bonds. The van der Waals surface area contributed by atoms with E-state index in [1.54, 1.807) is 11.1 Å². The molecule has 6 saturated carbocycles. The first-order chi connectivity index (χ1) is 40.4. The van der Waals surface area contributed by atoms with Gasteiger partial charge in [0.15, 0.2) is 0 Å². The standard InChI is InChI=1S/C74H116O4S6/c1-49(2)21-19-23-51(5)59-31-33-61-57-29-27-53-47-55(35-39-71(53,7)63(57)37-41-73(59,61)9)77-65(75)25-15-11-13-17-43-79-68-69(84-70(83-68)67-81-45-46-82-67)80-44-18-14-12-16-26-66(76)78-56-36-40-72(8)54(48-56)28-30-58-62-34-32-60(52(6)24-20-22-50(3)4)74(62,10)42-38-64(58)72/h27-28,45-46,49-52,55-64H,11-26,29-44,47-48H2,1-10H3/t51-,52-,55?,56?,57+,58+,59-,60-,61+,62+,63+,64+,71+,72+,73-,74-/m1/s1. The molecule has 10 rings (SSSR count). The van der Waals surface area contributed by atoms with E-state index < -0.39 is 0 Å². The van der Waals surface area contributed by atoms with Gasteiger partial charge in [-0.3, -0.25) is 9.59 Å². The van der Waals surface area contributed by atoms with Crippen molar-refractivity contribution in [3.8, 4) is 0 Å². The summed E-state index contributed by atoms with van der Waals surface area (Å²) in [5, 5.41) is 4.43. The molecule has 2 unspecified atom stereocenters. The van der Waals surface area contributed by atoms with Crippen LogP contribution in [0.2, 0.25) is 0 Å². The van der Waals surface area contributed by atoms with E-state index in [-0.39, 0.29) is 24.1 Å². The van der Waals surface area contributed by atoms with Crippen LogP contribution in [0.5, 0.6) is 0 Å². The van der Waals surface area contributed by atoms with Crippen molar-refractivity contribution in [2.24, 2.45) is 92.7 Å². The summed E-state index contributed by atoms with van der Waals surface area (Å²) in [5.74, 6) is 12.6. The Morgan fingerprint density at radius 3 is 1.36 bits per heavy atom. The molecule has 4 nitrogen and oxygen atoms in total. The van der Waals surface area contributed by atoms with Crippen LogP contribution in [0.1, 0.15) is 275 Å². The van der Waals surface area contributed by atoms with Crippen molar-refractivity contribution in [1.29, 1.82) is 0 Å². The van der Waals surface area contributed by atoms with Gasteiger partial charge in [-0.1, -0.05) is 204 Å². The third kappa shape index (κ3) is 15.3. The number of carbonyl (C=O) groups excluding carboxylic acids is 2. The molecule has 8 aliphatic carbocycles. The van der Waals surface area contributed by atoms with E-state index in [2.05, 4.69) is 92.2 Å². The molecule has 472 valence electrons. The van der Waals surface area contributed by atoms with E-state index in [1.807, 2.05) is 70.6 Å². The number of ether oxygens (including phenoxy) is 2. The number of carbonyl (C=O) groups is 2. The minimum Gasteiger partial charge on any atom is -0.462 e. The maximum atomic E-state index is 13.3. The molecule has 10 aliphatic rings. The van der Waals surface area contributed by atoms with Crippen LogP contribution < -0.4 is 0 Å². The zero-order chi connectivity index (χ0) is 59.2. The van der Waals surface area contributed by atoms with Gasteiger partial charge in [-0.05, 0) is 231 Å². The normalized spacial score (nSPS) is 36.9. The van der Waals surface area contributed by atoms with Gasteiger partial charge in [0.1, 0.15) is 12.2 Å². The second-order valence-corrected chi connectivity index (χ2v) is 38.3. The molecular formula is C74H116O4S6. The fourth-order valence-corrected chi connectivity index (χ4v) is 28.8. The number of hydrogen-bond donors (Lipinski definition) is 0. The van der Waals surface area contributed by atoms with Crippen LogP contribution in [0, 0.1) is 92.7 Å². The van der Waals surface area contributed by atoms with Gasteiger partial charge in [-0.2, -0.15) is 0 Å². The molecule has 0 bridgehead atoms. The lowest BCUT2D eigenvalue weighted by Gasteiger charge is -2.58. The summed E-state index contributed by atoms with van der Waals surface area (Å²) in [5.41, 5.74) is 4.90.